The predicted octanol–water partition coefficient (Wildman–Crippen LogP) is 4.65. The first-order valence-corrected chi connectivity index (χ1v) is 11.2. The molecule has 5 rings (SSSR count). The Balaban J connectivity index is 1.35. The molecule has 0 amide bonds. The average molecular weight is 398 g/mol. The SMILES string of the molecule is c1cncc(-c2nnc3n2[C@@H](CSC2=Nc4ccccc4CS2)CS3)c1. The molecular weight excluding hydrogens is 382 g/mol. The fourth-order valence-electron chi connectivity index (χ4n) is 3.02. The van der Waals surface area contributed by atoms with Gasteiger partial charge in [0.15, 0.2) is 11.0 Å². The predicted molar refractivity (Wildman–Crippen MR) is 110 cm³/mol. The van der Waals surface area contributed by atoms with Crippen molar-refractivity contribution >= 4 is 45.3 Å². The number of hydrogen-bond donors (Lipinski definition) is 0. The van der Waals surface area contributed by atoms with Crippen molar-refractivity contribution in [1.29, 1.82) is 0 Å². The van der Waals surface area contributed by atoms with Gasteiger partial charge in [-0.2, -0.15) is 0 Å². The van der Waals surface area contributed by atoms with Gasteiger partial charge in [0.25, 0.3) is 0 Å². The molecule has 1 aromatic carbocycles. The van der Waals surface area contributed by atoms with Gasteiger partial charge in [-0.3, -0.25) is 9.55 Å². The maximum absolute atomic E-state index is 4.82. The molecule has 1 atom stereocenters. The number of thioether (sulfide) groups is 3. The minimum atomic E-state index is 0.366. The average Bonchev–Trinajstić information content (AvgIpc) is 3.29. The highest BCUT2D eigenvalue weighted by atomic mass is 32.2. The van der Waals surface area contributed by atoms with E-state index < -0.39 is 0 Å². The van der Waals surface area contributed by atoms with Crippen molar-refractivity contribution in [3.05, 3.63) is 54.4 Å². The first-order valence-electron chi connectivity index (χ1n) is 8.29. The summed E-state index contributed by atoms with van der Waals surface area (Å²) >= 11 is 5.44. The zero-order valence-electron chi connectivity index (χ0n) is 13.8. The Labute approximate surface area is 164 Å². The summed E-state index contributed by atoms with van der Waals surface area (Å²) in [5, 5.41) is 9.74. The normalized spacial score (nSPS) is 18.3. The van der Waals surface area contributed by atoms with Gasteiger partial charge in [0, 0.05) is 35.2 Å². The molecule has 26 heavy (non-hydrogen) atoms. The number of nitrogens with zero attached hydrogens (tertiary/aromatic N) is 5. The minimum Gasteiger partial charge on any atom is -0.297 e. The van der Waals surface area contributed by atoms with Crippen LogP contribution in [0.2, 0.25) is 0 Å². The Morgan fingerprint density at radius 2 is 2.08 bits per heavy atom. The third-order valence-electron chi connectivity index (χ3n) is 4.31. The quantitative estimate of drug-likeness (QED) is 0.641. The number of benzene rings is 1. The summed E-state index contributed by atoms with van der Waals surface area (Å²) in [4.78, 5) is 9.03. The Bertz CT molecular complexity index is 970. The molecule has 2 aromatic heterocycles. The molecule has 2 aliphatic rings. The van der Waals surface area contributed by atoms with Crippen molar-refractivity contribution in [1.82, 2.24) is 19.7 Å². The van der Waals surface area contributed by atoms with Gasteiger partial charge in [0.2, 0.25) is 0 Å². The molecule has 0 spiro atoms. The van der Waals surface area contributed by atoms with Gasteiger partial charge in [-0.15, -0.1) is 10.2 Å². The summed E-state index contributed by atoms with van der Waals surface area (Å²) < 4.78 is 3.41. The molecule has 8 heteroatoms. The van der Waals surface area contributed by atoms with E-state index in [1.165, 1.54) is 5.56 Å². The lowest BCUT2D eigenvalue weighted by molar-refractivity contribution is 0.598. The molecule has 130 valence electrons. The Kier molecular flexibility index (Phi) is 4.48. The van der Waals surface area contributed by atoms with Crippen LogP contribution in [0.4, 0.5) is 5.69 Å². The van der Waals surface area contributed by atoms with Gasteiger partial charge < -0.3 is 0 Å². The molecule has 0 saturated carbocycles. The fourth-order valence-corrected chi connectivity index (χ4v) is 6.41. The highest BCUT2D eigenvalue weighted by molar-refractivity contribution is 8.38. The second-order valence-corrected chi connectivity index (χ2v) is 9.21. The number of rotatable bonds is 3. The van der Waals surface area contributed by atoms with Gasteiger partial charge >= 0.3 is 0 Å². The molecule has 5 nitrogen and oxygen atoms in total. The van der Waals surface area contributed by atoms with E-state index in [2.05, 4.69) is 44.0 Å². The summed E-state index contributed by atoms with van der Waals surface area (Å²) in [5.74, 6) is 3.91. The van der Waals surface area contributed by atoms with Crippen LogP contribution in [0.15, 0.2) is 58.9 Å². The molecule has 2 aliphatic heterocycles. The molecule has 0 aliphatic carbocycles. The molecule has 0 saturated heterocycles. The monoisotopic (exact) mass is 397 g/mol. The Hall–Kier alpha value is -1.77. The van der Waals surface area contributed by atoms with E-state index in [4.69, 9.17) is 4.99 Å². The summed E-state index contributed by atoms with van der Waals surface area (Å²) in [6.45, 7) is 0. The highest BCUT2D eigenvalue weighted by Gasteiger charge is 2.29. The van der Waals surface area contributed by atoms with Gasteiger partial charge in [0.1, 0.15) is 4.38 Å². The van der Waals surface area contributed by atoms with Crippen LogP contribution in [-0.2, 0) is 5.75 Å². The molecule has 0 N–H and O–H groups in total. The van der Waals surface area contributed by atoms with Gasteiger partial charge in [0.05, 0.1) is 11.7 Å². The largest absolute Gasteiger partial charge is 0.297 e. The lowest BCUT2D eigenvalue weighted by Gasteiger charge is -2.17. The summed E-state index contributed by atoms with van der Waals surface area (Å²) in [6.07, 6.45) is 3.63. The van der Waals surface area contributed by atoms with E-state index in [9.17, 15) is 0 Å². The van der Waals surface area contributed by atoms with Crippen LogP contribution in [0.1, 0.15) is 11.6 Å². The van der Waals surface area contributed by atoms with E-state index >= 15 is 0 Å². The number of aliphatic imine (C=N–C) groups is 1. The van der Waals surface area contributed by atoms with Crippen molar-refractivity contribution in [3.63, 3.8) is 0 Å². The lowest BCUT2D eigenvalue weighted by atomic mass is 10.2. The molecule has 0 unspecified atom stereocenters. The zero-order valence-corrected chi connectivity index (χ0v) is 16.2. The van der Waals surface area contributed by atoms with Crippen LogP contribution >= 0.6 is 35.3 Å². The Morgan fingerprint density at radius 3 is 3.00 bits per heavy atom. The standard InChI is InChI=1S/C18H15N5S3/c1-2-6-15-13(4-1)9-25-18(20-15)26-11-14-10-24-17-22-21-16(23(14)17)12-5-3-7-19-8-12/h1-8,14H,9-11H2/t14-/m1/s1. The highest BCUT2D eigenvalue weighted by Crippen LogP contribution is 2.40. The molecule has 0 bridgehead atoms. The Morgan fingerprint density at radius 1 is 1.12 bits per heavy atom. The molecular formula is C18H15N5S3. The summed E-state index contributed by atoms with van der Waals surface area (Å²) in [5.41, 5.74) is 3.44. The third kappa shape index (κ3) is 3.06. The van der Waals surface area contributed by atoms with Crippen LogP contribution in [0.25, 0.3) is 11.4 Å². The molecule has 0 radical (unpaired) electrons. The summed E-state index contributed by atoms with van der Waals surface area (Å²) in [6, 6.07) is 12.7. The van der Waals surface area contributed by atoms with E-state index in [0.717, 1.165) is 43.9 Å². The molecule has 4 heterocycles. The van der Waals surface area contributed by atoms with Crippen LogP contribution in [0, 0.1) is 0 Å². The van der Waals surface area contributed by atoms with Crippen molar-refractivity contribution in [3.8, 4) is 11.4 Å². The van der Waals surface area contributed by atoms with Crippen molar-refractivity contribution in [2.24, 2.45) is 4.99 Å². The number of pyridine rings is 1. The molecule has 0 fully saturated rings. The van der Waals surface area contributed by atoms with Crippen LogP contribution in [0.3, 0.4) is 0 Å². The van der Waals surface area contributed by atoms with Crippen LogP contribution in [0.5, 0.6) is 0 Å². The topological polar surface area (TPSA) is 56.0 Å². The fraction of sp³-hybridized carbons (Fsp3) is 0.222. The molecule has 3 aromatic rings. The van der Waals surface area contributed by atoms with Crippen LogP contribution < -0.4 is 0 Å². The first-order chi connectivity index (χ1) is 12.9. The van der Waals surface area contributed by atoms with Crippen molar-refractivity contribution < 1.29 is 0 Å². The second kappa shape index (κ2) is 7.09. The number of para-hydroxylation sites is 1. The van der Waals surface area contributed by atoms with E-state index in [-0.39, 0.29) is 0 Å². The zero-order chi connectivity index (χ0) is 17.3. The minimum absolute atomic E-state index is 0.366. The van der Waals surface area contributed by atoms with Gasteiger partial charge in [-0.25, -0.2) is 4.99 Å². The lowest BCUT2D eigenvalue weighted by Crippen LogP contribution is -2.12. The number of hydrogen-bond acceptors (Lipinski definition) is 7. The second-order valence-electron chi connectivity index (χ2n) is 5.99. The van der Waals surface area contributed by atoms with Crippen molar-refractivity contribution in [2.75, 3.05) is 11.5 Å². The van der Waals surface area contributed by atoms with Gasteiger partial charge in [-0.05, 0) is 23.8 Å². The van der Waals surface area contributed by atoms with E-state index in [0.29, 0.717) is 6.04 Å². The smallest absolute Gasteiger partial charge is 0.191 e. The number of aromatic nitrogens is 4. The van der Waals surface area contributed by atoms with Crippen molar-refractivity contribution in [2.45, 2.75) is 17.0 Å². The number of fused-ring (bicyclic) bond motifs is 2. The van der Waals surface area contributed by atoms with Crippen LogP contribution in [-0.4, -0.2) is 35.6 Å². The maximum atomic E-state index is 4.82. The third-order valence-corrected chi connectivity index (χ3v) is 7.79. The van der Waals surface area contributed by atoms with Gasteiger partial charge in [-0.1, -0.05) is 53.5 Å². The van der Waals surface area contributed by atoms with E-state index in [1.54, 1.807) is 18.0 Å². The first kappa shape index (κ1) is 16.4. The maximum Gasteiger partial charge on any atom is 0.191 e. The summed E-state index contributed by atoms with van der Waals surface area (Å²) in [7, 11) is 0. The van der Waals surface area contributed by atoms with E-state index in [1.807, 2.05) is 41.9 Å².